The molecule has 1 fully saturated rings. The van der Waals surface area contributed by atoms with E-state index >= 15 is 0 Å². The number of hydrogen-bond donors (Lipinski definition) is 2. The summed E-state index contributed by atoms with van der Waals surface area (Å²) in [5, 5.41) is 3.44. The number of hydrogen-bond acceptors (Lipinski definition) is 3. The molecule has 0 saturated carbocycles. The molecule has 1 aromatic carbocycles. The smallest absolute Gasteiger partial charge is 0.0600 e. The highest BCUT2D eigenvalue weighted by Gasteiger charge is 2.14. The summed E-state index contributed by atoms with van der Waals surface area (Å²) in [4.78, 5) is 2.40. The summed E-state index contributed by atoms with van der Waals surface area (Å²) in [7, 11) is 0. The van der Waals surface area contributed by atoms with Gasteiger partial charge < -0.3 is 16.0 Å². The highest BCUT2D eigenvalue weighted by atomic mass is 15.1. The van der Waals surface area contributed by atoms with E-state index in [1.807, 2.05) is 0 Å². The van der Waals surface area contributed by atoms with Gasteiger partial charge in [-0.3, -0.25) is 0 Å². The van der Waals surface area contributed by atoms with Crippen molar-refractivity contribution in [3.05, 3.63) is 23.8 Å². The molecule has 0 aromatic heterocycles. The van der Waals surface area contributed by atoms with E-state index in [1.165, 1.54) is 36.9 Å². The number of rotatable bonds is 7. The average molecular weight is 261 g/mol. The van der Waals surface area contributed by atoms with Gasteiger partial charge in [0.15, 0.2) is 0 Å². The van der Waals surface area contributed by atoms with Gasteiger partial charge in [0.2, 0.25) is 0 Å². The molecule has 0 atom stereocenters. The molecule has 19 heavy (non-hydrogen) atoms. The van der Waals surface area contributed by atoms with Gasteiger partial charge in [0, 0.05) is 13.1 Å². The zero-order valence-corrected chi connectivity index (χ0v) is 12.1. The summed E-state index contributed by atoms with van der Waals surface area (Å²) in [5.41, 5.74) is 9.73. The number of nitrogen functional groups attached to an aromatic ring is 1. The highest BCUT2D eigenvalue weighted by Crippen LogP contribution is 2.27. The Morgan fingerprint density at radius 1 is 1.21 bits per heavy atom. The fourth-order valence-corrected chi connectivity index (χ4v) is 2.72. The Balaban J connectivity index is 1.84. The van der Waals surface area contributed by atoms with E-state index in [4.69, 9.17) is 5.73 Å². The van der Waals surface area contributed by atoms with Crippen LogP contribution in [0, 0.1) is 0 Å². The summed E-state index contributed by atoms with van der Waals surface area (Å²) in [5.74, 6) is 0. The molecule has 3 heteroatoms. The van der Waals surface area contributed by atoms with Crippen LogP contribution in [-0.2, 0) is 6.42 Å². The molecule has 0 radical (unpaired) electrons. The first-order valence-electron chi connectivity index (χ1n) is 7.65. The number of nitrogens with zero attached hydrogens (tertiary/aromatic N) is 1. The number of aryl methyl sites for hydroxylation is 1. The Morgan fingerprint density at radius 2 is 2.00 bits per heavy atom. The van der Waals surface area contributed by atoms with Crippen molar-refractivity contribution in [1.29, 1.82) is 0 Å². The van der Waals surface area contributed by atoms with E-state index < -0.39 is 0 Å². The van der Waals surface area contributed by atoms with Crippen molar-refractivity contribution in [3.8, 4) is 0 Å². The maximum absolute atomic E-state index is 6.20. The molecule has 0 spiro atoms. The normalized spacial score (nSPS) is 15.1. The van der Waals surface area contributed by atoms with Crippen LogP contribution in [0.5, 0.6) is 0 Å². The van der Waals surface area contributed by atoms with Crippen LogP contribution in [0.15, 0.2) is 18.2 Å². The second kappa shape index (κ2) is 7.39. The minimum atomic E-state index is 0.945. The van der Waals surface area contributed by atoms with Gasteiger partial charge in [-0.1, -0.05) is 13.0 Å². The van der Waals surface area contributed by atoms with Crippen molar-refractivity contribution in [2.24, 2.45) is 0 Å². The molecule has 0 unspecified atom stereocenters. The third-order valence-corrected chi connectivity index (χ3v) is 3.78. The van der Waals surface area contributed by atoms with Crippen LogP contribution in [0.2, 0.25) is 0 Å². The molecule has 3 N–H and O–H groups in total. The number of nitrogens with one attached hydrogen (secondary N) is 1. The molecular formula is C16H27N3. The molecule has 2 rings (SSSR count). The quantitative estimate of drug-likeness (QED) is 0.586. The van der Waals surface area contributed by atoms with Crippen molar-refractivity contribution < 1.29 is 0 Å². The molecule has 1 aliphatic rings. The predicted octanol–water partition coefficient (Wildman–Crippen LogP) is 2.80. The van der Waals surface area contributed by atoms with Crippen LogP contribution in [0.1, 0.15) is 38.2 Å². The zero-order chi connectivity index (χ0) is 13.5. The predicted molar refractivity (Wildman–Crippen MR) is 83.8 cm³/mol. The lowest BCUT2D eigenvalue weighted by atomic mass is 10.1. The van der Waals surface area contributed by atoms with E-state index in [9.17, 15) is 0 Å². The summed E-state index contributed by atoms with van der Waals surface area (Å²) >= 11 is 0. The highest BCUT2D eigenvalue weighted by molar-refractivity contribution is 5.68. The third kappa shape index (κ3) is 4.13. The first-order chi connectivity index (χ1) is 9.31. The summed E-state index contributed by atoms with van der Waals surface area (Å²) in [6.07, 6.45) is 6.09. The SMILES string of the molecule is CCCNCCCc1ccc(N2CCCC2)c(N)c1. The lowest BCUT2D eigenvalue weighted by Crippen LogP contribution is -2.19. The second-order valence-electron chi connectivity index (χ2n) is 5.44. The Hall–Kier alpha value is -1.22. The van der Waals surface area contributed by atoms with Gasteiger partial charge in [0.1, 0.15) is 0 Å². The van der Waals surface area contributed by atoms with Gasteiger partial charge in [0.25, 0.3) is 0 Å². The van der Waals surface area contributed by atoms with Crippen LogP contribution >= 0.6 is 0 Å². The number of benzene rings is 1. The van der Waals surface area contributed by atoms with Crippen molar-refractivity contribution in [2.45, 2.75) is 39.0 Å². The maximum Gasteiger partial charge on any atom is 0.0600 e. The van der Waals surface area contributed by atoms with Gasteiger partial charge in [-0.15, -0.1) is 0 Å². The fourth-order valence-electron chi connectivity index (χ4n) is 2.72. The first kappa shape index (κ1) is 14.2. The largest absolute Gasteiger partial charge is 0.397 e. The van der Waals surface area contributed by atoms with E-state index in [1.54, 1.807) is 0 Å². The lowest BCUT2D eigenvalue weighted by molar-refractivity contribution is 0.640. The van der Waals surface area contributed by atoms with E-state index in [0.717, 1.165) is 38.3 Å². The van der Waals surface area contributed by atoms with Crippen molar-refractivity contribution in [3.63, 3.8) is 0 Å². The number of anilines is 2. The summed E-state index contributed by atoms with van der Waals surface area (Å²) in [6, 6.07) is 6.60. The molecule has 3 nitrogen and oxygen atoms in total. The fraction of sp³-hybridized carbons (Fsp3) is 0.625. The molecule has 0 amide bonds. The van der Waals surface area contributed by atoms with Gasteiger partial charge >= 0.3 is 0 Å². The number of nitrogens with two attached hydrogens (primary N) is 1. The monoisotopic (exact) mass is 261 g/mol. The van der Waals surface area contributed by atoms with Crippen LogP contribution in [0.3, 0.4) is 0 Å². The van der Waals surface area contributed by atoms with E-state index in [-0.39, 0.29) is 0 Å². The van der Waals surface area contributed by atoms with Crippen molar-refractivity contribution in [1.82, 2.24) is 5.32 Å². The van der Waals surface area contributed by atoms with E-state index in [2.05, 4.69) is 35.3 Å². The Labute approximate surface area is 117 Å². The Bertz CT molecular complexity index is 384. The second-order valence-corrected chi connectivity index (χ2v) is 5.44. The molecular weight excluding hydrogens is 234 g/mol. The molecule has 1 heterocycles. The van der Waals surface area contributed by atoms with Gasteiger partial charge in [-0.05, 0) is 62.9 Å². The minimum absolute atomic E-state index is 0.945. The Morgan fingerprint density at radius 3 is 2.68 bits per heavy atom. The van der Waals surface area contributed by atoms with Crippen LogP contribution in [-0.4, -0.2) is 26.2 Å². The average Bonchev–Trinajstić information content (AvgIpc) is 2.92. The van der Waals surface area contributed by atoms with Crippen molar-refractivity contribution in [2.75, 3.05) is 36.8 Å². The maximum atomic E-state index is 6.20. The van der Waals surface area contributed by atoms with Gasteiger partial charge in [-0.2, -0.15) is 0 Å². The first-order valence-corrected chi connectivity index (χ1v) is 7.65. The topological polar surface area (TPSA) is 41.3 Å². The standard InChI is InChI=1S/C16H27N3/c1-2-9-18-10-5-6-14-7-8-16(15(17)13-14)19-11-3-4-12-19/h7-8,13,18H,2-6,9-12,17H2,1H3. The molecule has 106 valence electrons. The van der Waals surface area contributed by atoms with Crippen LogP contribution in [0.25, 0.3) is 0 Å². The molecule has 1 aromatic rings. The molecule has 0 bridgehead atoms. The van der Waals surface area contributed by atoms with Crippen molar-refractivity contribution >= 4 is 11.4 Å². The van der Waals surface area contributed by atoms with Crippen LogP contribution < -0.4 is 16.0 Å². The molecule has 1 saturated heterocycles. The zero-order valence-electron chi connectivity index (χ0n) is 12.1. The molecule has 0 aliphatic carbocycles. The minimum Gasteiger partial charge on any atom is -0.397 e. The lowest BCUT2D eigenvalue weighted by Gasteiger charge is -2.20. The molecule has 1 aliphatic heterocycles. The van der Waals surface area contributed by atoms with E-state index in [0.29, 0.717) is 0 Å². The summed E-state index contributed by atoms with van der Waals surface area (Å²) in [6.45, 7) is 6.73. The van der Waals surface area contributed by atoms with Gasteiger partial charge in [-0.25, -0.2) is 0 Å². The van der Waals surface area contributed by atoms with Crippen LogP contribution in [0.4, 0.5) is 11.4 Å². The van der Waals surface area contributed by atoms with Gasteiger partial charge in [0.05, 0.1) is 11.4 Å². The Kier molecular flexibility index (Phi) is 5.52. The third-order valence-electron chi connectivity index (χ3n) is 3.78. The summed E-state index contributed by atoms with van der Waals surface area (Å²) < 4.78 is 0.